The molecule has 2 atom stereocenters. The molecule has 0 spiro atoms. The van der Waals surface area contributed by atoms with E-state index in [2.05, 4.69) is 5.32 Å². The number of likely N-dealkylation sites (tertiary alicyclic amines) is 1. The molecule has 7 nitrogen and oxygen atoms in total. The third kappa shape index (κ3) is 5.04. The monoisotopic (exact) mass is 274 g/mol. The molecule has 1 unspecified atom stereocenters. The van der Waals surface area contributed by atoms with Crippen molar-refractivity contribution in [3.8, 4) is 0 Å². The van der Waals surface area contributed by atoms with Gasteiger partial charge in [0.25, 0.3) is 0 Å². The average molecular weight is 274 g/mol. The zero-order valence-electron chi connectivity index (χ0n) is 11.1. The van der Waals surface area contributed by atoms with Gasteiger partial charge in [0, 0.05) is 26.1 Å². The van der Waals surface area contributed by atoms with Gasteiger partial charge in [-0.3, -0.25) is 0 Å². The van der Waals surface area contributed by atoms with Gasteiger partial charge in [0.2, 0.25) is 0 Å². The Kier molecular flexibility index (Phi) is 6.04. The molecule has 1 aliphatic heterocycles. The predicted octanol–water partition coefficient (Wildman–Crippen LogP) is -0.376. The quantitative estimate of drug-likeness (QED) is 0.546. The number of amides is 2. The molecule has 0 aliphatic carbocycles. The maximum absolute atomic E-state index is 11.7. The molecule has 19 heavy (non-hydrogen) atoms. The SMILES string of the molecule is CC(O)C1CCN(C(=O)NCC[C@H](O)C(=O)O)CC1. The fraction of sp³-hybridized carbons (Fsp3) is 0.833. The van der Waals surface area contributed by atoms with E-state index in [1.165, 1.54) is 0 Å². The number of aliphatic carboxylic acids is 1. The summed E-state index contributed by atoms with van der Waals surface area (Å²) >= 11 is 0. The van der Waals surface area contributed by atoms with E-state index in [9.17, 15) is 14.7 Å². The Bertz CT molecular complexity index is 313. The summed E-state index contributed by atoms with van der Waals surface area (Å²) in [7, 11) is 0. The van der Waals surface area contributed by atoms with Crippen LogP contribution in [0.1, 0.15) is 26.2 Å². The largest absolute Gasteiger partial charge is 0.479 e. The minimum atomic E-state index is -1.44. The van der Waals surface area contributed by atoms with Gasteiger partial charge in [-0.15, -0.1) is 0 Å². The average Bonchev–Trinajstić information content (AvgIpc) is 2.38. The minimum absolute atomic E-state index is 0.00872. The third-order valence-corrected chi connectivity index (χ3v) is 3.49. The van der Waals surface area contributed by atoms with Crippen molar-refractivity contribution in [2.24, 2.45) is 5.92 Å². The lowest BCUT2D eigenvalue weighted by molar-refractivity contribution is -0.146. The molecular weight excluding hydrogens is 252 g/mol. The van der Waals surface area contributed by atoms with E-state index >= 15 is 0 Å². The highest BCUT2D eigenvalue weighted by Gasteiger charge is 2.25. The number of aliphatic hydroxyl groups is 2. The molecule has 1 rings (SSSR count). The highest BCUT2D eigenvalue weighted by molar-refractivity contribution is 5.74. The number of carbonyl (C=O) groups excluding carboxylic acids is 1. The van der Waals surface area contributed by atoms with Crippen LogP contribution in [0.15, 0.2) is 0 Å². The number of urea groups is 1. The number of hydrogen-bond donors (Lipinski definition) is 4. The fourth-order valence-electron chi connectivity index (χ4n) is 2.14. The van der Waals surface area contributed by atoms with Crippen LogP contribution in [-0.2, 0) is 4.79 Å². The highest BCUT2D eigenvalue weighted by Crippen LogP contribution is 2.20. The van der Waals surface area contributed by atoms with Gasteiger partial charge in [0.1, 0.15) is 0 Å². The van der Waals surface area contributed by atoms with Crippen LogP contribution in [-0.4, -0.2) is 64.1 Å². The van der Waals surface area contributed by atoms with Gasteiger partial charge < -0.3 is 25.5 Å². The van der Waals surface area contributed by atoms with Gasteiger partial charge in [-0.1, -0.05) is 0 Å². The minimum Gasteiger partial charge on any atom is -0.479 e. The second-order valence-corrected chi connectivity index (χ2v) is 4.94. The van der Waals surface area contributed by atoms with Gasteiger partial charge in [0.15, 0.2) is 6.10 Å². The van der Waals surface area contributed by atoms with Crippen molar-refractivity contribution in [3.63, 3.8) is 0 Å². The van der Waals surface area contributed by atoms with Gasteiger partial charge >= 0.3 is 12.0 Å². The smallest absolute Gasteiger partial charge is 0.332 e. The van der Waals surface area contributed by atoms with E-state index < -0.39 is 12.1 Å². The molecule has 0 aromatic carbocycles. The van der Waals surface area contributed by atoms with Crippen LogP contribution in [0, 0.1) is 5.92 Å². The lowest BCUT2D eigenvalue weighted by Crippen LogP contribution is -2.46. The predicted molar refractivity (Wildman–Crippen MR) is 67.6 cm³/mol. The van der Waals surface area contributed by atoms with Crippen molar-refractivity contribution in [2.45, 2.75) is 38.4 Å². The zero-order valence-corrected chi connectivity index (χ0v) is 11.1. The molecule has 1 aliphatic rings. The Morgan fingerprint density at radius 3 is 2.37 bits per heavy atom. The maximum Gasteiger partial charge on any atom is 0.332 e. The third-order valence-electron chi connectivity index (χ3n) is 3.49. The van der Waals surface area contributed by atoms with Crippen LogP contribution in [0.2, 0.25) is 0 Å². The molecule has 7 heteroatoms. The summed E-state index contributed by atoms with van der Waals surface area (Å²) < 4.78 is 0. The second kappa shape index (κ2) is 7.30. The van der Waals surface area contributed by atoms with Crippen molar-refractivity contribution >= 4 is 12.0 Å². The lowest BCUT2D eigenvalue weighted by atomic mass is 9.92. The first-order valence-electron chi connectivity index (χ1n) is 6.53. The molecule has 0 bridgehead atoms. The molecular formula is C12H22N2O5. The van der Waals surface area contributed by atoms with E-state index in [-0.39, 0.29) is 31.0 Å². The normalized spacial score (nSPS) is 19.8. The molecule has 0 saturated carbocycles. The molecule has 1 saturated heterocycles. The van der Waals surface area contributed by atoms with Crippen LogP contribution in [0.5, 0.6) is 0 Å². The zero-order chi connectivity index (χ0) is 14.4. The Balaban J connectivity index is 2.23. The fourth-order valence-corrected chi connectivity index (χ4v) is 2.14. The highest BCUT2D eigenvalue weighted by atomic mass is 16.4. The number of carboxylic acid groups (broad SMARTS) is 1. The standard InChI is InChI=1S/C12H22N2O5/c1-8(15)9-3-6-14(7-4-9)12(19)13-5-2-10(16)11(17)18/h8-10,15-16H,2-7H2,1H3,(H,13,19)(H,17,18)/t8?,10-/m0/s1. The van der Waals surface area contributed by atoms with Crippen LogP contribution in [0.4, 0.5) is 4.79 Å². The maximum atomic E-state index is 11.7. The molecule has 4 N–H and O–H groups in total. The summed E-state index contributed by atoms with van der Waals surface area (Å²) in [5, 5.41) is 29.6. The summed E-state index contributed by atoms with van der Waals surface area (Å²) in [5.41, 5.74) is 0. The topological polar surface area (TPSA) is 110 Å². The Morgan fingerprint density at radius 1 is 1.32 bits per heavy atom. The van der Waals surface area contributed by atoms with Crippen molar-refractivity contribution in [1.82, 2.24) is 10.2 Å². The molecule has 2 amide bonds. The van der Waals surface area contributed by atoms with E-state index in [0.717, 1.165) is 12.8 Å². The number of rotatable bonds is 5. The number of piperidine rings is 1. The van der Waals surface area contributed by atoms with Crippen LogP contribution >= 0.6 is 0 Å². The van der Waals surface area contributed by atoms with Crippen LogP contribution in [0.3, 0.4) is 0 Å². The molecule has 0 aromatic rings. The molecule has 1 heterocycles. The summed E-state index contributed by atoms with van der Waals surface area (Å²) in [6, 6.07) is -0.248. The number of nitrogens with one attached hydrogen (secondary N) is 1. The molecule has 110 valence electrons. The van der Waals surface area contributed by atoms with E-state index in [1.54, 1.807) is 11.8 Å². The second-order valence-electron chi connectivity index (χ2n) is 4.94. The number of carbonyl (C=O) groups is 2. The van der Waals surface area contributed by atoms with Crippen LogP contribution < -0.4 is 5.32 Å². The molecule has 1 fully saturated rings. The number of hydrogen-bond acceptors (Lipinski definition) is 4. The van der Waals surface area contributed by atoms with Crippen molar-refractivity contribution in [2.75, 3.05) is 19.6 Å². The summed E-state index contributed by atoms with van der Waals surface area (Å²) in [6.07, 6.45) is -0.270. The number of carboxylic acids is 1. The van der Waals surface area contributed by atoms with E-state index in [4.69, 9.17) is 10.2 Å². The van der Waals surface area contributed by atoms with Gasteiger partial charge in [-0.25, -0.2) is 9.59 Å². The molecule has 0 aromatic heterocycles. The Hall–Kier alpha value is -1.34. The van der Waals surface area contributed by atoms with Gasteiger partial charge in [-0.2, -0.15) is 0 Å². The van der Waals surface area contributed by atoms with Crippen molar-refractivity contribution < 1.29 is 24.9 Å². The first kappa shape index (κ1) is 15.7. The first-order chi connectivity index (χ1) is 8.91. The van der Waals surface area contributed by atoms with Gasteiger partial charge in [0.05, 0.1) is 6.10 Å². The molecule has 0 radical (unpaired) electrons. The Labute approximate surface area is 112 Å². The van der Waals surface area contributed by atoms with Crippen molar-refractivity contribution in [3.05, 3.63) is 0 Å². The summed E-state index contributed by atoms with van der Waals surface area (Å²) in [4.78, 5) is 23.8. The van der Waals surface area contributed by atoms with Gasteiger partial charge in [-0.05, 0) is 25.7 Å². The van der Waals surface area contributed by atoms with Crippen molar-refractivity contribution in [1.29, 1.82) is 0 Å². The first-order valence-corrected chi connectivity index (χ1v) is 6.53. The van der Waals surface area contributed by atoms with Crippen LogP contribution in [0.25, 0.3) is 0 Å². The van der Waals surface area contributed by atoms with E-state index in [0.29, 0.717) is 13.1 Å². The lowest BCUT2D eigenvalue weighted by Gasteiger charge is -2.33. The summed E-state index contributed by atoms with van der Waals surface area (Å²) in [5.74, 6) is -1.05. The summed E-state index contributed by atoms with van der Waals surface area (Å²) in [6.45, 7) is 3.06. The number of nitrogens with zero attached hydrogens (tertiary/aromatic N) is 1. The number of aliphatic hydroxyl groups excluding tert-OH is 2. The van der Waals surface area contributed by atoms with E-state index in [1.807, 2.05) is 0 Å². The Morgan fingerprint density at radius 2 is 1.89 bits per heavy atom.